The molecule has 2 aliphatic rings. The van der Waals surface area contributed by atoms with Crippen LogP contribution in [-0.2, 0) is 4.74 Å². The zero-order chi connectivity index (χ0) is 22.2. The summed E-state index contributed by atoms with van der Waals surface area (Å²) in [6.45, 7) is 2.47. The van der Waals surface area contributed by atoms with E-state index >= 15 is 0 Å². The summed E-state index contributed by atoms with van der Waals surface area (Å²) < 4.78 is 10.7. The SMILES string of the molecule is COc1ccc(Nc2cc(N3CCOCC3)c(N)c3c2C(=O)c2ccccc2C3=O)cc1. The van der Waals surface area contributed by atoms with Gasteiger partial charge in [0.15, 0.2) is 11.6 Å². The summed E-state index contributed by atoms with van der Waals surface area (Å²) in [5.74, 6) is 0.274. The summed E-state index contributed by atoms with van der Waals surface area (Å²) in [6, 6.07) is 16.1. The Morgan fingerprint density at radius 3 is 2.19 bits per heavy atom. The number of benzene rings is 3. The molecule has 0 saturated carbocycles. The lowest BCUT2D eigenvalue weighted by atomic mass is 9.81. The third-order valence-electron chi connectivity index (χ3n) is 5.94. The summed E-state index contributed by atoms with van der Waals surface area (Å²) >= 11 is 0. The Balaban J connectivity index is 1.69. The van der Waals surface area contributed by atoms with Crippen molar-refractivity contribution in [3.63, 3.8) is 0 Å². The maximum absolute atomic E-state index is 13.5. The lowest BCUT2D eigenvalue weighted by Crippen LogP contribution is -2.37. The van der Waals surface area contributed by atoms with Gasteiger partial charge in [0.1, 0.15) is 5.75 Å². The lowest BCUT2D eigenvalue weighted by Gasteiger charge is -2.32. The Labute approximate surface area is 185 Å². The molecule has 0 atom stereocenters. The van der Waals surface area contributed by atoms with Crippen LogP contribution in [0.1, 0.15) is 31.8 Å². The number of fused-ring (bicyclic) bond motifs is 2. The second kappa shape index (κ2) is 8.01. The van der Waals surface area contributed by atoms with Crippen molar-refractivity contribution in [1.29, 1.82) is 0 Å². The van der Waals surface area contributed by atoms with Crippen LogP contribution >= 0.6 is 0 Å². The van der Waals surface area contributed by atoms with E-state index < -0.39 is 0 Å². The first-order valence-electron chi connectivity index (χ1n) is 10.5. The molecule has 0 aromatic heterocycles. The predicted octanol–water partition coefficient (Wildman–Crippen LogP) is 3.63. The van der Waals surface area contributed by atoms with E-state index in [0.29, 0.717) is 54.4 Å². The molecule has 0 radical (unpaired) electrons. The fourth-order valence-electron chi connectivity index (χ4n) is 4.30. The average molecular weight is 429 g/mol. The molecule has 0 unspecified atom stereocenters. The number of ether oxygens (including phenoxy) is 2. The van der Waals surface area contributed by atoms with E-state index in [1.807, 2.05) is 30.3 Å². The Hall–Kier alpha value is -3.84. The molecule has 0 amide bonds. The molecule has 162 valence electrons. The maximum atomic E-state index is 13.5. The van der Waals surface area contributed by atoms with E-state index in [4.69, 9.17) is 15.2 Å². The quantitative estimate of drug-likeness (QED) is 0.479. The Bertz CT molecular complexity index is 1210. The van der Waals surface area contributed by atoms with Crippen molar-refractivity contribution < 1.29 is 19.1 Å². The van der Waals surface area contributed by atoms with Crippen molar-refractivity contribution in [2.75, 3.05) is 49.4 Å². The summed E-state index contributed by atoms with van der Waals surface area (Å²) in [5, 5.41) is 3.33. The molecule has 0 spiro atoms. The summed E-state index contributed by atoms with van der Waals surface area (Å²) in [4.78, 5) is 29.1. The van der Waals surface area contributed by atoms with Crippen molar-refractivity contribution in [2.45, 2.75) is 0 Å². The Morgan fingerprint density at radius 2 is 1.56 bits per heavy atom. The molecule has 7 nitrogen and oxygen atoms in total. The number of nitrogen functional groups attached to an aromatic ring is 1. The maximum Gasteiger partial charge on any atom is 0.196 e. The van der Waals surface area contributed by atoms with Gasteiger partial charge in [-0.3, -0.25) is 9.59 Å². The largest absolute Gasteiger partial charge is 0.497 e. The first-order chi connectivity index (χ1) is 15.6. The number of nitrogens with one attached hydrogen (secondary N) is 1. The van der Waals surface area contributed by atoms with Gasteiger partial charge in [-0.1, -0.05) is 24.3 Å². The molecule has 1 aliphatic heterocycles. The number of hydrogen-bond donors (Lipinski definition) is 2. The van der Waals surface area contributed by atoms with Gasteiger partial charge in [0, 0.05) is 29.9 Å². The fourth-order valence-corrected chi connectivity index (χ4v) is 4.30. The number of rotatable bonds is 4. The molecule has 1 fully saturated rings. The van der Waals surface area contributed by atoms with Gasteiger partial charge in [-0.15, -0.1) is 0 Å². The minimum absolute atomic E-state index is 0.216. The van der Waals surface area contributed by atoms with E-state index in [9.17, 15) is 9.59 Å². The van der Waals surface area contributed by atoms with Crippen LogP contribution in [0.15, 0.2) is 54.6 Å². The molecule has 3 aromatic carbocycles. The van der Waals surface area contributed by atoms with Crippen LogP contribution in [0.3, 0.4) is 0 Å². The standard InChI is InChI=1S/C25H23N3O4/c1-31-16-8-6-15(7-9-16)27-19-14-20(28-10-12-32-13-11-28)23(26)22-21(19)24(29)17-4-2-3-5-18(17)25(22)30/h2-9,14,27H,10-13,26H2,1H3. The molecule has 5 rings (SSSR count). The highest BCUT2D eigenvalue weighted by atomic mass is 16.5. The van der Waals surface area contributed by atoms with Crippen LogP contribution in [-0.4, -0.2) is 45.0 Å². The van der Waals surface area contributed by atoms with Crippen molar-refractivity contribution in [3.05, 3.63) is 76.9 Å². The number of methoxy groups -OCH3 is 1. The van der Waals surface area contributed by atoms with E-state index in [1.165, 1.54) is 0 Å². The van der Waals surface area contributed by atoms with E-state index in [0.717, 1.165) is 17.1 Å². The smallest absolute Gasteiger partial charge is 0.196 e. The number of anilines is 4. The molecule has 7 heteroatoms. The van der Waals surface area contributed by atoms with Gasteiger partial charge < -0.3 is 25.4 Å². The summed E-state index contributed by atoms with van der Waals surface area (Å²) in [6.07, 6.45) is 0. The molecule has 0 bridgehead atoms. The predicted molar refractivity (Wildman–Crippen MR) is 123 cm³/mol. The van der Waals surface area contributed by atoms with Crippen molar-refractivity contribution in [1.82, 2.24) is 0 Å². The topological polar surface area (TPSA) is 93.9 Å². The first-order valence-corrected chi connectivity index (χ1v) is 10.5. The zero-order valence-corrected chi connectivity index (χ0v) is 17.7. The summed E-state index contributed by atoms with van der Waals surface area (Å²) in [7, 11) is 1.61. The first kappa shape index (κ1) is 20.1. The molecule has 3 N–H and O–H groups in total. The molecule has 32 heavy (non-hydrogen) atoms. The van der Waals surface area contributed by atoms with Crippen LogP contribution in [0.25, 0.3) is 0 Å². The van der Waals surface area contributed by atoms with Crippen molar-refractivity contribution in [2.24, 2.45) is 0 Å². The second-order valence-electron chi connectivity index (χ2n) is 7.76. The molecule has 1 aliphatic carbocycles. The minimum atomic E-state index is -0.236. The van der Waals surface area contributed by atoms with Gasteiger partial charge in [-0.2, -0.15) is 0 Å². The number of carbonyl (C=O) groups is 2. The number of nitrogens with zero attached hydrogens (tertiary/aromatic N) is 1. The molecule has 3 aromatic rings. The van der Waals surface area contributed by atoms with Gasteiger partial charge >= 0.3 is 0 Å². The van der Waals surface area contributed by atoms with Crippen LogP contribution in [0, 0.1) is 0 Å². The van der Waals surface area contributed by atoms with Crippen molar-refractivity contribution in [3.8, 4) is 5.75 Å². The molecule has 1 saturated heterocycles. The second-order valence-corrected chi connectivity index (χ2v) is 7.76. The minimum Gasteiger partial charge on any atom is -0.497 e. The molecular weight excluding hydrogens is 406 g/mol. The lowest BCUT2D eigenvalue weighted by molar-refractivity contribution is 0.0980. The monoisotopic (exact) mass is 429 g/mol. The third kappa shape index (κ3) is 3.27. The van der Waals surface area contributed by atoms with Crippen LogP contribution < -0.4 is 20.7 Å². The van der Waals surface area contributed by atoms with Crippen LogP contribution in [0.5, 0.6) is 5.75 Å². The van der Waals surface area contributed by atoms with E-state index in [-0.39, 0.29) is 17.1 Å². The van der Waals surface area contributed by atoms with E-state index in [2.05, 4.69) is 10.2 Å². The fraction of sp³-hybridized carbons (Fsp3) is 0.200. The number of morpholine rings is 1. The van der Waals surface area contributed by atoms with Gasteiger partial charge in [-0.25, -0.2) is 0 Å². The van der Waals surface area contributed by atoms with Gasteiger partial charge in [0.2, 0.25) is 0 Å². The number of hydrogen-bond acceptors (Lipinski definition) is 7. The molecular formula is C25H23N3O4. The third-order valence-corrected chi connectivity index (χ3v) is 5.94. The highest BCUT2D eigenvalue weighted by Crippen LogP contribution is 2.42. The normalized spacial score (nSPS) is 15.2. The molecule has 1 heterocycles. The van der Waals surface area contributed by atoms with E-state index in [1.54, 1.807) is 31.4 Å². The number of carbonyl (C=O) groups excluding carboxylic acids is 2. The number of nitrogens with two attached hydrogens (primary N) is 1. The zero-order valence-electron chi connectivity index (χ0n) is 17.7. The highest BCUT2D eigenvalue weighted by Gasteiger charge is 2.35. The van der Waals surface area contributed by atoms with Gasteiger partial charge in [-0.05, 0) is 30.3 Å². The highest BCUT2D eigenvalue weighted by molar-refractivity contribution is 6.32. The Kier molecular flexibility index (Phi) is 5.03. The average Bonchev–Trinajstić information content (AvgIpc) is 2.84. The van der Waals surface area contributed by atoms with Crippen molar-refractivity contribution >= 4 is 34.3 Å². The number of ketones is 2. The Morgan fingerprint density at radius 1 is 0.938 bits per heavy atom. The van der Waals surface area contributed by atoms with Gasteiger partial charge in [0.25, 0.3) is 0 Å². The van der Waals surface area contributed by atoms with Crippen LogP contribution in [0.4, 0.5) is 22.7 Å². The van der Waals surface area contributed by atoms with Gasteiger partial charge in [0.05, 0.1) is 48.5 Å². The van der Waals surface area contributed by atoms with Crippen LogP contribution in [0.2, 0.25) is 0 Å². The summed E-state index contributed by atoms with van der Waals surface area (Å²) in [5.41, 5.74) is 10.3.